The third-order valence-corrected chi connectivity index (χ3v) is 5.82. The zero-order valence-electron chi connectivity index (χ0n) is 17.9. The highest BCUT2D eigenvalue weighted by atomic mass is 79.9. The molecule has 0 atom stereocenters. The molecule has 1 N–H and O–H groups in total. The van der Waals surface area contributed by atoms with E-state index in [0.29, 0.717) is 10.8 Å². The maximum absolute atomic E-state index is 13.1. The Balaban J connectivity index is 1.75. The van der Waals surface area contributed by atoms with Crippen molar-refractivity contribution in [1.82, 2.24) is 14.8 Å². The van der Waals surface area contributed by atoms with E-state index in [1.54, 1.807) is 16.8 Å². The predicted molar refractivity (Wildman–Crippen MR) is 133 cm³/mol. The third-order valence-electron chi connectivity index (χ3n) is 5.08. The molecule has 7 heteroatoms. The van der Waals surface area contributed by atoms with Crippen molar-refractivity contribution in [2.24, 2.45) is 0 Å². The van der Waals surface area contributed by atoms with Gasteiger partial charge in [-0.05, 0) is 73.0 Å². The van der Waals surface area contributed by atoms with Crippen LogP contribution in [0.15, 0.2) is 71.2 Å². The average molecular weight is 510 g/mol. The van der Waals surface area contributed by atoms with E-state index in [1.807, 2.05) is 61.5 Å². The van der Waals surface area contributed by atoms with Crippen LogP contribution in [0.2, 0.25) is 5.02 Å². The van der Waals surface area contributed by atoms with Gasteiger partial charge in [0.15, 0.2) is 5.82 Å². The summed E-state index contributed by atoms with van der Waals surface area (Å²) in [7, 11) is 0. The van der Waals surface area contributed by atoms with Crippen LogP contribution in [0.5, 0.6) is 0 Å². The van der Waals surface area contributed by atoms with Gasteiger partial charge in [0.05, 0.1) is 5.69 Å². The number of anilines is 1. The van der Waals surface area contributed by atoms with Crippen LogP contribution >= 0.6 is 27.5 Å². The third kappa shape index (κ3) is 4.76. The SMILES string of the molecule is Cc1ccc(-n2nc(C(=O)Nc3ccc(Br)cc3C(C)C)nc2-c2ccc(Cl)cc2)cc1. The maximum atomic E-state index is 13.1. The standard InChI is InChI=1S/C25H22BrClN4O/c1-15(2)21-14-18(26)8-13-22(21)28-25(32)23-29-24(17-6-9-19(27)10-7-17)31(30-23)20-11-4-16(3)5-12-20/h4-15H,1-3H3,(H,28,32). The molecule has 1 aromatic heterocycles. The summed E-state index contributed by atoms with van der Waals surface area (Å²) in [6.07, 6.45) is 0. The van der Waals surface area contributed by atoms with E-state index in [9.17, 15) is 4.79 Å². The van der Waals surface area contributed by atoms with Gasteiger partial charge in [0.25, 0.3) is 5.91 Å². The van der Waals surface area contributed by atoms with Gasteiger partial charge in [-0.1, -0.05) is 59.1 Å². The number of nitrogens with one attached hydrogen (secondary N) is 1. The Bertz CT molecular complexity index is 1200. The lowest BCUT2D eigenvalue weighted by molar-refractivity contribution is 0.101. The van der Waals surface area contributed by atoms with Gasteiger partial charge in [-0.25, -0.2) is 9.67 Å². The van der Waals surface area contributed by atoms with Crippen LogP contribution in [-0.4, -0.2) is 20.7 Å². The van der Waals surface area contributed by atoms with Crippen molar-refractivity contribution >= 4 is 39.1 Å². The molecule has 0 aliphatic heterocycles. The van der Waals surface area contributed by atoms with Crippen LogP contribution in [0.3, 0.4) is 0 Å². The van der Waals surface area contributed by atoms with Crippen LogP contribution in [0.4, 0.5) is 5.69 Å². The average Bonchev–Trinajstić information content (AvgIpc) is 3.21. The number of hydrogen-bond acceptors (Lipinski definition) is 3. The molecule has 0 saturated heterocycles. The van der Waals surface area contributed by atoms with Gasteiger partial charge in [0.1, 0.15) is 0 Å². The molecule has 0 saturated carbocycles. The Morgan fingerprint density at radius 1 is 1.03 bits per heavy atom. The van der Waals surface area contributed by atoms with Crippen molar-refractivity contribution in [1.29, 1.82) is 0 Å². The van der Waals surface area contributed by atoms with Gasteiger partial charge in [0, 0.05) is 20.7 Å². The fourth-order valence-electron chi connectivity index (χ4n) is 3.36. The molecule has 32 heavy (non-hydrogen) atoms. The summed E-state index contributed by atoms with van der Waals surface area (Å²) in [4.78, 5) is 17.7. The lowest BCUT2D eigenvalue weighted by Crippen LogP contribution is -2.16. The molecule has 0 fully saturated rings. The van der Waals surface area contributed by atoms with Gasteiger partial charge >= 0.3 is 0 Å². The molecule has 1 heterocycles. The first-order chi connectivity index (χ1) is 15.3. The number of carbonyl (C=O) groups excluding carboxylic acids is 1. The molecule has 1 amide bonds. The molecule has 3 aromatic carbocycles. The zero-order chi connectivity index (χ0) is 22.8. The van der Waals surface area contributed by atoms with Crippen LogP contribution in [-0.2, 0) is 0 Å². The summed E-state index contributed by atoms with van der Waals surface area (Å²) in [6.45, 7) is 6.19. The largest absolute Gasteiger partial charge is 0.319 e. The second kappa shape index (κ2) is 9.27. The van der Waals surface area contributed by atoms with Gasteiger partial charge in [0.2, 0.25) is 5.82 Å². The van der Waals surface area contributed by atoms with Crippen molar-refractivity contribution in [2.75, 3.05) is 5.32 Å². The van der Waals surface area contributed by atoms with E-state index in [-0.39, 0.29) is 17.6 Å². The molecular weight excluding hydrogens is 488 g/mol. The smallest absolute Gasteiger partial charge is 0.295 e. The lowest BCUT2D eigenvalue weighted by Gasteiger charge is -2.13. The molecule has 0 radical (unpaired) electrons. The number of hydrogen-bond donors (Lipinski definition) is 1. The molecule has 4 aromatic rings. The monoisotopic (exact) mass is 508 g/mol. The summed E-state index contributed by atoms with van der Waals surface area (Å²) < 4.78 is 2.65. The minimum Gasteiger partial charge on any atom is -0.319 e. The molecule has 0 unspecified atom stereocenters. The van der Waals surface area contributed by atoms with Crippen molar-refractivity contribution in [2.45, 2.75) is 26.7 Å². The van der Waals surface area contributed by atoms with Crippen LogP contribution in [0.25, 0.3) is 17.1 Å². The second-order valence-electron chi connectivity index (χ2n) is 7.85. The highest BCUT2D eigenvalue weighted by Crippen LogP contribution is 2.28. The molecule has 0 aliphatic carbocycles. The van der Waals surface area contributed by atoms with Crippen molar-refractivity contribution in [3.05, 3.63) is 93.2 Å². The summed E-state index contributed by atoms with van der Waals surface area (Å²) in [6, 6.07) is 21.0. The molecular formula is C25H22BrClN4O. The minimum absolute atomic E-state index is 0.0909. The number of carbonyl (C=O) groups is 1. The van der Waals surface area contributed by atoms with E-state index in [2.05, 4.69) is 45.2 Å². The molecule has 0 bridgehead atoms. The zero-order valence-corrected chi connectivity index (χ0v) is 20.3. The fraction of sp³-hybridized carbons (Fsp3) is 0.160. The number of amides is 1. The van der Waals surface area contributed by atoms with E-state index in [4.69, 9.17) is 11.6 Å². The molecule has 5 nitrogen and oxygen atoms in total. The number of aromatic nitrogens is 3. The first-order valence-electron chi connectivity index (χ1n) is 10.2. The Morgan fingerprint density at radius 3 is 2.38 bits per heavy atom. The summed E-state index contributed by atoms with van der Waals surface area (Å²) in [5, 5.41) is 8.16. The Morgan fingerprint density at radius 2 is 1.72 bits per heavy atom. The number of halogens is 2. The fourth-order valence-corrected chi connectivity index (χ4v) is 3.87. The van der Waals surface area contributed by atoms with Crippen molar-refractivity contribution < 1.29 is 4.79 Å². The van der Waals surface area contributed by atoms with E-state index in [0.717, 1.165) is 32.5 Å². The van der Waals surface area contributed by atoms with Gasteiger partial charge in [-0.15, -0.1) is 5.10 Å². The van der Waals surface area contributed by atoms with Gasteiger partial charge < -0.3 is 5.32 Å². The minimum atomic E-state index is -0.365. The normalized spacial score (nSPS) is 11.1. The Hall–Kier alpha value is -2.96. The molecule has 0 aliphatic rings. The molecule has 4 rings (SSSR count). The van der Waals surface area contributed by atoms with E-state index < -0.39 is 0 Å². The first kappa shape index (κ1) is 22.2. The van der Waals surface area contributed by atoms with Crippen molar-refractivity contribution in [3.63, 3.8) is 0 Å². The quantitative estimate of drug-likeness (QED) is 0.314. The van der Waals surface area contributed by atoms with Crippen molar-refractivity contribution in [3.8, 4) is 17.1 Å². The summed E-state index contributed by atoms with van der Waals surface area (Å²) in [5.41, 5.74) is 4.54. The molecule has 0 spiro atoms. The topological polar surface area (TPSA) is 59.8 Å². The number of nitrogens with zero attached hydrogens (tertiary/aromatic N) is 3. The second-order valence-corrected chi connectivity index (χ2v) is 9.21. The highest BCUT2D eigenvalue weighted by Gasteiger charge is 2.20. The number of benzene rings is 3. The predicted octanol–water partition coefficient (Wildman–Crippen LogP) is 7.03. The van der Waals surface area contributed by atoms with Crippen LogP contribution in [0.1, 0.15) is 41.5 Å². The highest BCUT2D eigenvalue weighted by molar-refractivity contribution is 9.10. The number of rotatable bonds is 5. The first-order valence-corrected chi connectivity index (χ1v) is 11.4. The Labute approximate surface area is 200 Å². The summed E-state index contributed by atoms with van der Waals surface area (Å²) in [5.74, 6) is 0.532. The number of aryl methyl sites for hydroxylation is 1. The van der Waals surface area contributed by atoms with E-state index >= 15 is 0 Å². The van der Waals surface area contributed by atoms with Gasteiger partial charge in [-0.2, -0.15) is 0 Å². The maximum Gasteiger partial charge on any atom is 0.295 e. The molecule has 162 valence electrons. The Kier molecular flexibility index (Phi) is 6.44. The van der Waals surface area contributed by atoms with Crippen LogP contribution in [0, 0.1) is 6.92 Å². The summed E-state index contributed by atoms with van der Waals surface area (Å²) >= 11 is 9.56. The van der Waals surface area contributed by atoms with Gasteiger partial charge in [-0.3, -0.25) is 4.79 Å². The lowest BCUT2D eigenvalue weighted by atomic mass is 10.0. The van der Waals surface area contributed by atoms with Crippen LogP contribution < -0.4 is 5.32 Å². The van der Waals surface area contributed by atoms with E-state index in [1.165, 1.54) is 0 Å².